The van der Waals surface area contributed by atoms with Crippen LogP contribution in [0.2, 0.25) is 0 Å². The van der Waals surface area contributed by atoms with Crippen LogP contribution in [-0.4, -0.2) is 72.1 Å². The Balaban J connectivity index is 2.36. The number of phosphoric acid groups is 1. The van der Waals surface area contributed by atoms with E-state index in [1.54, 1.807) is 0 Å². The maximum atomic E-state index is 12.6. The molecule has 5 atom stereocenters. The number of carbonyl (C=O) groups excluding carboxylic acids is 2. The second-order valence-electron chi connectivity index (χ2n) is 13.8. The van der Waals surface area contributed by atoms with Gasteiger partial charge in [-0.15, -0.1) is 0 Å². The Morgan fingerprint density at radius 3 is 1.89 bits per heavy atom. The molecule has 12 nitrogen and oxygen atoms in total. The summed E-state index contributed by atoms with van der Waals surface area (Å²) in [7, 11) is -4.73. The molecule has 1 aliphatic rings. The second-order valence-corrected chi connectivity index (χ2v) is 15.3. The molecule has 0 bridgehead atoms. The molecule has 0 spiro atoms. The highest BCUT2D eigenvalue weighted by Gasteiger charge is 2.36. The molecule has 306 valence electrons. The summed E-state index contributed by atoms with van der Waals surface area (Å²) in [6.45, 7) is 2.67. The van der Waals surface area contributed by atoms with Gasteiger partial charge in [0.15, 0.2) is 6.10 Å². The Hall–Kier alpha value is -2.34. The van der Waals surface area contributed by atoms with E-state index in [4.69, 9.17) is 29.6 Å². The summed E-state index contributed by atoms with van der Waals surface area (Å²) in [6, 6.07) is -1.53. The van der Waals surface area contributed by atoms with Crippen molar-refractivity contribution in [3.05, 3.63) is 36.5 Å². The molecule has 0 aromatic carbocycles. The van der Waals surface area contributed by atoms with Crippen molar-refractivity contribution in [1.82, 2.24) is 0 Å². The molecule has 3 unspecified atom stereocenters. The molecule has 1 fully saturated rings. The lowest BCUT2D eigenvalue weighted by atomic mass is 10.1. The maximum absolute atomic E-state index is 12.6. The Bertz CT molecular complexity index is 1110. The van der Waals surface area contributed by atoms with Gasteiger partial charge in [-0.2, -0.15) is 0 Å². The van der Waals surface area contributed by atoms with Crippen molar-refractivity contribution in [3.63, 3.8) is 0 Å². The van der Waals surface area contributed by atoms with E-state index in [0.717, 1.165) is 44.9 Å². The zero-order valence-electron chi connectivity index (χ0n) is 32.5. The minimum atomic E-state index is -4.73. The van der Waals surface area contributed by atoms with E-state index in [1.807, 2.05) is 0 Å². The monoisotopic (exact) mass is 771 g/mol. The fourth-order valence-electron chi connectivity index (χ4n) is 5.50. The molecule has 53 heavy (non-hydrogen) atoms. The van der Waals surface area contributed by atoms with Gasteiger partial charge in [-0.1, -0.05) is 127 Å². The van der Waals surface area contributed by atoms with Gasteiger partial charge in [-0.05, 0) is 51.4 Å². The number of aliphatic carboxylic acids is 1. The maximum Gasteiger partial charge on any atom is 0.472 e. The fourth-order valence-corrected chi connectivity index (χ4v) is 6.28. The molecular formula is C40H70NO11P. The lowest BCUT2D eigenvalue weighted by Gasteiger charge is -2.20. The van der Waals surface area contributed by atoms with Gasteiger partial charge in [0.25, 0.3) is 0 Å². The highest BCUT2D eigenvalue weighted by molar-refractivity contribution is 7.47. The van der Waals surface area contributed by atoms with Gasteiger partial charge < -0.3 is 29.9 Å². The van der Waals surface area contributed by atoms with Gasteiger partial charge in [0.1, 0.15) is 12.6 Å². The number of epoxide rings is 1. The number of phosphoric ester groups is 1. The van der Waals surface area contributed by atoms with Crippen LogP contribution in [0.5, 0.6) is 0 Å². The predicted octanol–water partition coefficient (Wildman–Crippen LogP) is 9.04. The first-order chi connectivity index (χ1) is 25.6. The first-order valence-electron chi connectivity index (χ1n) is 20.1. The van der Waals surface area contributed by atoms with Crippen molar-refractivity contribution in [2.75, 3.05) is 19.8 Å². The fraction of sp³-hybridized carbons (Fsp3) is 0.775. The first-order valence-corrected chi connectivity index (χ1v) is 21.6. The number of carboxylic acid groups (broad SMARTS) is 1. The van der Waals surface area contributed by atoms with E-state index in [2.05, 4.69) is 54.8 Å². The van der Waals surface area contributed by atoms with Crippen molar-refractivity contribution >= 4 is 25.7 Å². The van der Waals surface area contributed by atoms with Crippen LogP contribution in [0.1, 0.15) is 155 Å². The standard InChI is InChI=1S/C40H70NO11P/c1-3-5-7-9-11-13-15-17-18-20-22-24-27-36-37(52-36)28-26-30-38(42)48-31-34(32-49-53(46,47)50-33-35(41)40(44)45)51-39(43)29-25-23-21-19-16-14-12-10-8-6-4-2/h11,13,17-18,22,24,34-37H,3-10,12,14-16,19-21,23,25-33,41H2,1-2H3,(H,44,45)(H,46,47)/b13-11-,18-17-,24-22-/t34-,35+,36?,37?/m1/s1. The van der Waals surface area contributed by atoms with Gasteiger partial charge in [0, 0.05) is 12.8 Å². The van der Waals surface area contributed by atoms with Gasteiger partial charge in [0.2, 0.25) is 0 Å². The third kappa shape index (κ3) is 29.7. The molecule has 13 heteroatoms. The average Bonchev–Trinajstić information content (AvgIpc) is 3.88. The van der Waals surface area contributed by atoms with Crippen LogP contribution in [-0.2, 0) is 42.2 Å². The minimum absolute atomic E-state index is 0.103. The van der Waals surface area contributed by atoms with Gasteiger partial charge >= 0.3 is 25.7 Å². The molecule has 1 heterocycles. The van der Waals surface area contributed by atoms with E-state index in [-0.39, 0.29) is 31.7 Å². The van der Waals surface area contributed by atoms with Crippen LogP contribution >= 0.6 is 7.82 Å². The van der Waals surface area contributed by atoms with Gasteiger partial charge in [0.05, 0.1) is 25.4 Å². The van der Waals surface area contributed by atoms with Crippen LogP contribution in [0.3, 0.4) is 0 Å². The number of hydrogen-bond donors (Lipinski definition) is 3. The highest BCUT2D eigenvalue weighted by atomic mass is 31.2. The normalized spacial score (nSPS) is 18.0. The SMILES string of the molecule is CCCCC/C=C\C/C=C\C/C=C\CC1OC1CCCC(=O)OC[C@H](COP(=O)(O)OC[C@H](N)C(=O)O)OC(=O)CCCCCCCCCCCCC. The van der Waals surface area contributed by atoms with E-state index in [1.165, 1.54) is 64.2 Å². The molecular weight excluding hydrogens is 701 g/mol. The summed E-state index contributed by atoms with van der Waals surface area (Å²) in [5.74, 6) is -2.46. The number of carboxylic acids is 1. The number of rotatable bonds is 36. The zero-order chi connectivity index (χ0) is 39.0. The summed E-state index contributed by atoms with van der Waals surface area (Å²) in [6.07, 6.45) is 33.8. The van der Waals surface area contributed by atoms with Crippen molar-refractivity contribution < 1.29 is 52.2 Å². The number of nitrogens with two attached hydrogens (primary N) is 1. The number of unbranched alkanes of at least 4 members (excludes halogenated alkanes) is 13. The largest absolute Gasteiger partial charge is 0.480 e. The van der Waals surface area contributed by atoms with Crippen LogP contribution in [0, 0.1) is 0 Å². The number of allylic oxidation sites excluding steroid dienone is 5. The van der Waals surface area contributed by atoms with Crippen LogP contribution in [0.4, 0.5) is 0 Å². The number of esters is 2. The Kier molecular flexibility index (Phi) is 29.4. The Morgan fingerprint density at radius 1 is 0.698 bits per heavy atom. The van der Waals surface area contributed by atoms with E-state index >= 15 is 0 Å². The molecule has 0 amide bonds. The second kappa shape index (κ2) is 32.0. The van der Waals surface area contributed by atoms with Gasteiger partial charge in [-0.25, -0.2) is 4.57 Å². The molecule has 0 aliphatic carbocycles. The Labute approximate surface area is 318 Å². The number of hydrogen-bond acceptors (Lipinski definition) is 10. The van der Waals surface area contributed by atoms with Crippen molar-refractivity contribution in [2.45, 2.75) is 179 Å². The third-order valence-corrected chi connectivity index (χ3v) is 9.77. The topological polar surface area (TPSA) is 184 Å². The molecule has 0 saturated carbocycles. The van der Waals surface area contributed by atoms with Gasteiger partial charge in [-0.3, -0.25) is 23.4 Å². The first kappa shape index (κ1) is 48.7. The van der Waals surface area contributed by atoms with Crippen LogP contribution in [0.25, 0.3) is 0 Å². The van der Waals surface area contributed by atoms with Crippen molar-refractivity contribution in [1.29, 1.82) is 0 Å². The summed E-state index contributed by atoms with van der Waals surface area (Å²) in [5, 5.41) is 8.87. The molecule has 0 radical (unpaired) electrons. The number of carbonyl (C=O) groups is 3. The Morgan fingerprint density at radius 2 is 1.25 bits per heavy atom. The third-order valence-electron chi connectivity index (χ3n) is 8.82. The van der Waals surface area contributed by atoms with Crippen molar-refractivity contribution in [3.8, 4) is 0 Å². The molecule has 1 rings (SSSR count). The smallest absolute Gasteiger partial charge is 0.472 e. The summed E-state index contributed by atoms with van der Waals surface area (Å²) in [4.78, 5) is 45.9. The molecule has 1 aliphatic heterocycles. The minimum Gasteiger partial charge on any atom is -0.480 e. The number of ether oxygens (including phenoxy) is 3. The lowest BCUT2D eigenvalue weighted by molar-refractivity contribution is -0.161. The van der Waals surface area contributed by atoms with Crippen molar-refractivity contribution in [2.24, 2.45) is 5.73 Å². The van der Waals surface area contributed by atoms with Crippen LogP contribution in [0.15, 0.2) is 36.5 Å². The van der Waals surface area contributed by atoms with Crippen LogP contribution < -0.4 is 5.73 Å². The highest BCUT2D eigenvalue weighted by Crippen LogP contribution is 2.43. The molecule has 0 aromatic heterocycles. The zero-order valence-corrected chi connectivity index (χ0v) is 33.4. The van der Waals surface area contributed by atoms with E-state index in [0.29, 0.717) is 19.3 Å². The summed E-state index contributed by atoms with van der Waals surface area (Å²) < 4.78 is 38.3. The predicted molar refractivity (Wildman–Crippen MR) is 207 cm³/mol. The average molecular weight is 772 g/mol. The lowest BCUT2D eigenvalue weighted by Crippen LogP contribution is -2.34. The molecule has 1 saturated heterocycles. The quantitative estimate of drug-likeness (QED) is 0.0181. The molecule has 4 N–H and O–H groups in total. The molecule has 0 aromatic rings. The van der Waals surface area contributed by atoms with E-state index in [9.17, 15) is 23.8 Å². The summed E-state index contributed by atoms with van der Waals surface area (Å²) in [5.41, 5.74) is 5.32. The van der Waals surface area contributed by atoms with E-state index < -0.39 is 51.1 Å². The summed E-state index contributed by atoms with van der Waals surface area (Å²) >= 11 is 0.